The second kappa shape index (κ2) is 8.22. The molecule has 0 unspecified atom stereocenters. The van der Waals surface area contributed by atoms with E-state index in [0.29, 0.717) is 11.1 Å². The molecular formula is C21H25N3O3. The van der Waals surface area contributed by atoms with E-state index in [0.717, 1.165) is 37.4 Å². The van der Waals surface area contributed by atoms with Crippen LogP contribution in [0.2, 0.25) is 0 Å². The summed E-state index contributed by atoms with van der Waals surface area (Å²) in [6, 6.07) is 12.4. The second-order valence-electron chi connectivity index (χ2n) is 6.81. The molecule has 6 heteroatoms. The monoisotopic (exact) mass is 367 g/mol. The Morgan fingerprint density at radius 1 is 0.963 bits per heavy atom. The van der Waals surface area contributed by atoms with Crippen LogP contribution in [0.4, 0.5) is 11.4 Å². The van der Waals surface area contributed by atoms with Crippen molar-refractivity contribution in [2.24, 2.45) is 0 Å². The Morgan fingerprint density at radius 2 is 1.59 bits per heavy atom. The zero-order chi connectivity index (χ0) is 19.4. The van der Waals surface area contributed by atoms with Crippen LogP contribution in [0, 0.1) is 6.92 Å². The van der Waals surface area contributed by atoms with Gasteiger partial charge in [-0.15, -0.1) is 0 Å². The van der Waals surface area contributed by atoms with Gasteiger partial charge in [0.25, 0.3) is 5.91 Å². The summed E-state index contributed by atoms with van der Waals surface area (Å²) in [4.78, 5) is 28.6. The molecule has 0 aliphatic carbocycles. The molecule has 0 radical (unpaired) electrons. The highest BCUT2D eigenvalue weighted by atomic mass is 16.5. The first-order valence-corrected chi connectivity index (χ1v) is 9.02. The number of anilines is 2. The van der Waals surface area contributed by atoms with Crippen LogP contribution < -0.4 is 10.2 Å². The van der Waals surface area contributed by atoms with Gasteiger partial charge in [0, 0.05) is 43.1 Å². The molecule has 0 saturated carbocycles. The van der Waals surface area contributed by atoms with Gasteiger partial charge in [0.1, 0.15) is 0 Å². The zero-order valence-electron chi connectivity index (χ0n) is 16.0. The number of carbonyl (C=O) groups excluding carboxylic acids is 2. The predicted octanol–water partition coefficient (Wildman–Crippen LogP) is 2.79. The maximum absolute atomic E-state index is 12.5. The number of hydrogen-bond donors (Lipinski definition) is 1. The molecule has 1 aliphatic rings. The lowest BCUT2D eigenvalue weighted by Gasteiger charge is -2.35. The Hall–Kier alpha value is -2.86. The number of ether oxygens (including phenoxy) is 1. The topological polar surface area (TPSA) is 61.9 Å². The predicted molar refractivity (Wildman–Crippen MR) is 107 cm³/mol. The second-order valence-corrected chi connectivity index (χ2v) is 6.81. The van der Waals surface area contributed by atoms with Gasteiger partial charge in [-0.1, -0.05) is 0 Å². The average molecular weight is 367 g/mol. The number of amides is 1. The van der Waals surface area contributed by atoms with Crippen molar-refractivity contribution in [2.75, 3.05) is 50.6 Å². The number of aryl methyl sites for hydroxylation is 1. The number of esters is 1. The normalized spacial score (nSPS) is 14.7. The number of rotatable bonds is 4. The third kappa shape index (κ3) is 4.46. The highest BCUT2D eigenvalue weighted by Gasteiger charge is 2.16. The fourth-order valence-electron chi connectivity index (χ4n) is 3.21. The van der Waals surface area contributed by atoms with Gasteiger partial charge in [0.05, 0.1) is 12.7 Å². The van der Waals surface area contributed by atoms with Crippen molar-refractivity contribution in [1.82, 2.24) is 4.90 Å². The number of benzene rings is 2. The van der Waals surface area contributed by atoms with Crippen molar-refractivity contribution in [3.63, 3.8) is 0 Å². The maximum atomic E-state index is 12.5. The van der Waals surface area contributed by atoms with Crippen molar-refractivity contribution in [2.45, 2.75) is 6.92 Å². The van der Waals surface area contributed by atoms with Gasteiger partial charge in [-0.25, -0.2) is 4.79 Å². The van der Waals surface area contributed by atoms with Crippen LogP contribution in [0.1, 0.15) is 26.3 Å². The number of carbonyl (C=O) groups is 2. The quantitative estimate of drug-likeness (QED) is 0.842. The van der Waals surface area contributed by atoms with Crippen molar-refractivity contribution >= 4 is 23.3 Å². The lowest BCUT2D eigenvalue weighted by molar-refractivity contribution is 0.0600. The van der Waals surface area contributed by atoms with Crippen LogP contribution >= 0.6 is 0 Å². The molecule has 6 nitrogen and oxygen atoms in total. The number of methoxy groups -OCH3 is 1. The summed E-state index contributed by atoms with van der Waals surface area (Å²) >= 11 is 0. The number of nitrogens with zero attached hydrogens (tertiary/aromatic N) is 2. The molecule has 27 heavy (non-hydrogen) atoms. The van der Waals surface area contributed by atoms with E-state index in [-0.39, 0.29) is 5.91 Å². The van der Waals surface area contributed by atoms with Gasteiger partial charge in [0.15, 0.2) is 0 Å². The molecule has 1 heterocycles. The summed E-state index contributed by atoms with van der Waals surface area (Å²) in [6.45, 7) is 6.19. The SMILES string of the molecule is COC(=O)c1ccc(C(=O)Nc2ccc(N3CCN(C)CC3)c(C)c2)cc1. The summed E-state index contributed by atoms with van der Waals surface area (Å²) in [5.41, 5.74) is 4.01. The molecule has 0 atom stereocenters. The standard InChI is InChI=1S/C21H25N3O3/c1-15-14-18(8-9-19(15)24-12-10-23(2)11-13-24)22-20(25)16-4-6-17(7-5-16)21(26)27-3/h4-9,14H,10-13H2,1-3H3,(H,22,25). The fourth-order valence-corrected chi connectivity index (χ4v) is 3.21. The number of nitrogens with one attached hydrogen (secondary N) is 1. The van der Waals surface area contributed by atoms with Crippen LogP contribution in [-0.2, 0) is 4.74 Å². The van der Waals surface area contributed by atoms with Crippen molar-refractivity contribution in [1.29, 1.82) is 0 Å². The molecule has 2 aromatic carbocycles. The molecule has 142 valence electrons. The highest BCUT2D eigenvalue weighted by molar-refractivity contribution is 6.05. The van der Waals surface area contributed by atoms with Gasteiger partial charge < -0.3 is 19.9 Å². The van der Waals surface area contributed by atoms with Crippen molar-refractivity contribution in [3.05, 3.63) is 59.2 Å². The molecule has 1 N–H and O–H groups in total. The maximum Gasteiger partial charge on any atom is 0.337 e. The van der Waals surface area contributed by atoms with Crippen LogP contribution in [0.3, 0.4) is 0 Å². The third-order valence-electron chi connectivity index (χ3n) is 4.87. The van der Waals surface area contributed by atoms with Gasteiger partial charge in [-0.3, -0.25) is 4.79 Å². The van der Waals surface area contributed by atoms with E-state index in [1.165, 1.54) is 12.8 Å². The Morgan fingerprint density at radius 3 is 2.19 bits per heavy atom. The van der Waals surface area contributed by atoms with E-state index in [2.05, 4.69) is 39.9 Å². The highest BCUT2D eigenvalue weighted by Crippen LogP contribution is 2.25. The van der Waals surface area contributed by atoms with E-state index in [1.54, 1.807) is 24.3 Å². The van der Waals surface area contributed by atoms with E-state index in [1.807, 2.05) is 12.1 Å². The molecule has 1 fully saturated rings. The van der Waals surface area contributed by atoms with Crippen molar-refractivity contribution < 1.29 is 14.3 Å². The summed E-state index contributed by atoms with van der Waals surface area (Å²) in [6.07, 6.45) is 0. The van der Waals surface area contributed by atoms with Gasteiger partial charge >= 0.3 is 5.97 Å². The van der Waals surface area contributed by atoms with E-state index < -0.39 is 5.97 Å². The first-order valence-electron chi connectivity index (χ1n) is 9.02. The van der Waals surface area contributed by atoms with Crippen LogP contribution in [0.25, 0.3) is 0 Å². The molecule has 0 bridgehead atoms. The number of likely N-dealkylation sites (N-methyl/N-ethyl adjacent to an activating group) is 1. The van der Waals surface area contributed by atoms with Crippen LogP contribution in [0.5, 0.6) is 0 Å². The zero-order valence-corrected chi connectivity index (χ0v) is 16.0. The Bertz CT molecular complexity index is 825. The summed E-state index contributed by atoms with van der Waals surface area (Å²) < 4.78 is 4.67. The lowest BCUT2D eigenvalue weighted by Crippen LogP contribution is -2.44. The minimum atomic E-state index is -0.419. The summed E-state index contributed by atoms with van der Waals surface area (Å²) in [5.74, 6) is -0.629. The van der Waals surface area contributed by atoms with Crippen LogP contribution in [0.15, 0.2) is 42.5 Å². The van der Waals surface area contributed by atoms with Crippen LogP contribution in [-0.4, -0.2) is 57.1 Å². The Kier molecular flexibility index (Phi) is 5.76. The largest absolute Gasteiger partial charge is 0.465 e. The minimum Gasteiger partial charge on any atom is -0.465 e. The smallest absolute Gasteiger partial charge is 0.337 e. The molecule has 2 aromatic rings. The van der Waals surface area contributed by atoms with Gasteiger partial charge in [0.2, 0.25) is 0 Å². The summed E-state index contributed by atoms with van der Waals surface area (Å²) in [7, 11) is 3.47. The molecule has 0 spiro atoms. The Balaban J connectivity index is 1.67. The minimum absolute atomic E-state index is 0.210. The van der Waals surface area contributed by atoms with E-state index >= 15 is 0 Å². The van der Waals surface area contributed by atoms with E-state index in [9.17, 15) is 9.59 Å². The average Bonchev–Trinajstić information content (AvgIpc) is 2.68. The number of piperazine rings is 1. The van der Waals surface area contributed by atoms with Gasteiger partial charge in [-0.05, 0) is 62.0 Å². The molecule has 1 saturated heterocycles. The Labute approximate surface area is 159 Å². The molecule has 0 aromatic heterocycles. The fraction of sp³-hybridized carbons (Fsp3) is 0.333. The van der Waals surface area contributed by atoms with Gasteiger partial charge in [-0.2, -0.15) is 0 Å². The molecular weight excluding hydrogens is 342 g/mol. The first-order chi connectivity index (χ1) is 13.0. The summed E-state index contributed by atoms with van der Waals surface area (Å²) in [5, 5.41) is 2.92. The third-order valence-corrected chi connectivity index (χ3v) is 4.87. The lowest BCUT2D eigenvalue weighted by atomic mass is 10.1. The molecule has 1 amide bonds. The first kappa shape index (κ1) is 18.9. The molecule has 1 aliphatic heterocycles. The van der Waals surface area contributed by atoms with E-state index in [4.69, 9.17) is 0 Å². The van der Waals surface area contributed by atoms with Crippen molar-refractivity contribution in [3.8, 4) is 0 Å². The number of hydrogen-bond acceptors (Lipinski definition) is 5. The molecule has 3 rings (SSSR count).